The van der Waals surface area contributed by atoms with Crippen LogP contribution in [0.1, 0.15) is 18.9 Å². The molecule has 0 saturated carbocycles. The summed E-state index contributed by atoms with van der Waals surface area (Å²) in [5.74, 6) is -2.66. The van der Waals surface area contributed by atoms with E-state index in [1.54, 1.807) is 6.07 Å². The molecule has 0 atom stereocenters. The zero-order valence-corrected chi connectivity index (χ0v) is 9.13. The van der Waals surface area contributed by atoms with Gasteiger partial charge in [0, 0.05) is 18.7 Å². The average Bonchev–Trinajstić information content (AvgIpc) is 2.19. The number of nitriles is 1. The lowest BCUT2D eigenvalue weighted by molar-refractivity contribution is 0.0167. The molecular formula is C12H14F2N2. The van der Waals surface area contributed by atoms with Gasteiger partial charge in [0.2, 0.25) is 5.92 Å². The van der Waals surface area contributed by atoms with E-state index >= 15 is 0 Å². The zero-order chi connectivity index (χ0) is 12.0. The van der Waals surface area contributed by atoms with Gasteiger partial charge in [0.15, 0.2) is 0 Å². The van der Waals surface area contributed by atoms with Crippen LogP contribution in [0.25, 0.3) is 0 Å². The van der Waals surface area contributed by atoms with E-state index in [4.69, 9.17) is 5.26 Å². The summed E-state index contributed by atoms with van der Waals surface area (Å²) in [7, 11) is 0. The van der Waals surface area contributed by atoms with Crippen LogP contribution in [-0.4, -0.2) is 12.5 Å². The molecule has 2 nitrogen and oxygen atoms in total. The maximum absolute atomic E-state index is 12.6. The zero-order valence-electron chi connectivity index (χ0n) is 9.13. The van der Waals surface area contributed by atoms with Crippen LogP contribution in [0.5, 0.6) is 0 Å². The van der Waals surface area contributed by atoms with Gasteiger partial charge in [0.05, 0.1) is 12.5 Å². The number of hydrogen-bond donors (Lipinski definition) is 1. The van der Waals surface area contributed by atoms with Crippen LogP contribution in [0.4, 0.5) is 14.5 Å². The Balaban J connectivity index is 2.57. The van der Waals surface area contributed by atoms with E-state index in [2.05, 4.69) is 5.32 Å². The molecule has 1 aromatic carbocycles. The van der Waals surface area contributed by atoms with Gasteiger partial charge in [-0.2, -0.15) is 5.26 Å². The van der Waals surface area contributed by atoms with Crippen LogP contribution < -0.4 is 5.32 Å². The minimum atomic E-state index is -2.66. The summed E-state index contributed by atoms with van der Waals surface area (Å²) in [6, 6.07) is 9.29. The first-order valence-electron chi connectivity index (χ1n) is 5.09. The van der Waals surface area contributed by atoms with E-state index in [1.165, 1.54) is 0 Å². The standard InChI is InChI=1S/C12H14F2N2/c1-12(13,14)7-9-16-11-5-3-2-4-10(11)6-8-15/h2-5,16H,6-7,9H2,1H3. The third kappa shape index (κ3) is 4.26. The first kappa shape index (κ1) is 12.4. The largest absolute Gasteiger partial charge is 0.385 e. The highest BCUT2D eigenvalue weighted by Crippen LogP contribution is 2.19. The third-order valence-corrected chi connectivity index (χ3v) is 2.17. The monoisotopic (exact) mass is 224 g/mol. The molecule has 1 N–H and O–H groups in total. The number of rotatable bonds is 5. The number of hydrogen-bond acceptors (Lipinski definition) is 2. The number of halogens is 2. The van der Waals surface area contributed by atoms with E-state index in [0.717, 1.165) is 18.2 Å². The fourth-order valence-corrected chi connectivity index (χ4v) is 1.35. The summed E-state index contributed by atoms with van der Waals surface area (Å²) in [5.41, 5.74) is 1.60. The van der Waals surface area contributed by atoms with Gasteiger partial charge in [-0.25, -0.2) is 8.78 Å². The maximum Gasteiger partial charge on any atom is 0.247 e. The predicted molar refractivity (Wildman–Crippen MR) is 59.5 cm³/mol. The fraction of sp³-hybridized carbons (Fsp3) is 0.417. The summed E-state index contributed by atoms with van der Waals surface area (Å²) in [4.78, 5) is 0. The van der Waals surface area contributed by atoms with Gasteiger partial charge in [0.1, 0.15) is 0 Å². The first-order valence-corrected chi connectivity index (χ1v) is 5.09. The van der Waals surface area contributed by atoms with Gasteiger partial charge in [-0.15, -0.1) is 0 Å². The molecule has 0 aromatic heterocycles. The van der Waals surface area contributed by atoms with Gasteiger partial charge < -0.3 is 5.32 Å². The average molecular weight is 224 g/mol. The number of nitrogens with one attached hydrogen (secondary N) is 1. The molecule has 16 heavy (non-hydrogen) atoms. The highest BCUT2D eigenvalue weighted by Gasteiger charge is 2.19. The van der Waals surface area contributed by atoms with Crippen molar-refractivity contribution < 1.29 is 8.78 Å². The van der Waals surface area contributed by atoms with Crippen molar-refractivity contribution in [2.45, 2.75) is 25.7 Å². The molecule has 0 aliphatic carbocycles. The predicted octanol–water partition coefficient (Wildman–Crippen LogP) is 3.21. The van der Waals surface area contributed by atoms with E-state index < -0.39 is 5.92 Å². The van der Waals surface area contributed by atoms with Gasteiger partial charge in [0.25, 0.3) is 0 Å². The third-order valence-electron chi connectivity index (χ3n) is 2.17. The molecule has 0 bridgehead atoms. The molecule has 0 saturated heterocycles. The second kappa shape index (κ2) is 5.45. The summed E-state index contributed by atoms with van der Waals surface area (Å²) in [6.45, 7) is 1.10. The van der Waals surface area contributed by atoms with Crippen molar-refractivity contribution in [3.05, 3.63) is 29.8 Å². The quantitative estimate of drug-likeness (QED) is 0.833. The van der Waals surface area contributed by atoms with Gasteiger partial charge >= 0.3 is 0 Å². The van der Waals surface area contributed by atoms with Crippen molar-refractivity contribution in [2.24, 2.45) is 0 Å². The fourth-order valence-electron chi connectivity index (χ4n) is 1.35. The van der Waals surface area contributed by atoms with Crippen LogP contribution in [-0.2, 0) is 6.42 Å². The lowest BCUT2D eigenvalue weighted by Gasteiger charge is -2.13. The molecule has 0 unspecified atom stereocenters. The van der Waals surface area contributed by atoms with Gasteiger partial charge in [-0.1, -0.05) is 18.2 Å². The first-order chi connectivity index (χ1) is 7.53. The maximum atomic E-state index is 12.6. The Morgan fingerprint density at radius 3 is 2.69 bits per heavy atom. The lowest BCUT2D eigenvalue weighted by Crippen LogP contribution is -2.16. The molecule has 0 radical (unpaired) electrons. The molecule has 0 aliphatic heterocycles. The number of nitrogens with zero attached hydrogens (tertiary/aromatic N) is 1. The molecule has 1 rings (SSSR count). The van der Waals surface area contributed by atoms with Crippen LogP contribution in [0, 0.1) is 11.3 Å². The van der Waals surface area contributed by atoms with Crippen molar-refractivity contribution in [3.8, 4) is 6.07 Å². The number of alkyl halides is 2. The summed E-state index contributed by atoms with van der Waals surface area (Å²) < 4.78 is 25.2. The summed E-state index contributed by atoms with van der Waals surface area (Å²) in [6.07, 6.45) is 0.0690. The second-order valence-electron chi connectivity index (χ2n) is 3.74. The Bertz CT molecular complexity index is 377. The van der Waals surface area contributed by atoms with Crippen molar-refractivity contribution >= 4 is 5.69 Å². The van der Waals surface area contributed by atoms with Gasteiger partial charge in [-0.05, 0) is 18.6 Å². The van der Waals surface area contributed by atoms with Crippen LogP contribution in [0.15, 0.2) is 24.3 Å². The molecule has 0 amide bonds. The smallest absolute Gasteiger partial charge is 0.247 e. The van der Waals surface area contributed by atoms with Crippen LogP contribution in [0.3, 0.4) is 0 Å². The minimum Gasteiger partial charge on any atom is -0.385 e. The molecule has 0 aliphatic rings. The topological polar surface area (TPSA) is 35.8 Å². The molecule has 0 fully saturated rings. The van der Waals surface area contributed by atoms with E-state index in [-0.39, 0.29) is 19.4 Å². The number of benzene rings is 1. The van der Waals surface area contributed by atoms with Gasteiger partial charge in [-0.3, -0.25) is 0 Å². The minimum absolute atomic E-state index is 0.200. The number of anilines is 1. The Morgan fingerprint density at radius 1 is 1.38 bits per heavy atom. The molecule has 4 heteroatoms. The Labute approximate surface area is 93.9 Å². The SMILES string of the molecule is CC(F)(F)CCNc1ccccc1CC#N. The van der Waals surface area contributed by atoms with Crippen molar-refractivity contribution in [3.63, 3.8) is 0 Å². The lowest BCUT2D eigenvalue weighted by atomic mass is 10.1. The molecule has 0 heterocycles. The second-order valence-corrected chi connectivity index (χ2v) is 3.74. The van der Waals surface area contributed by atoms with Crippen LogP contribution in [0.2, 0.25) is 0 Å². The molecule has 1 aromatic rings. The highest BCUT2D eigenvalue weighted by atomic mass is 19.3. The Hall–Kier alpha value is -1.63. The highest BCUT2D eigenvalue weighted by molar-refractivity contribution is 5.52. The van der Waals surface area contributed by atoms with E-state index in [9.17, 15) is 8.78 Å². The van der Waals surface area contributed by atoms with Crippen LogP contribution >= 0.6 is 0 Å². The number of para-hydroxylation sites is 1. The summed E-state index contributed by atoms with van der Waals surface area (Å²) in [5, 5.41) is 11.5. The van der Waals surface area contributed by atoms with Crippen molar-refractivity contribution in [1.82, 2.24) is 0 Å². The van der Waals surface area contributed by atoms with Crippen molar-refractivity contribution in [2.75, 3.05) is 11.9 Å². The summed E-state index contributed by atoms with van der Waals surface area (Å²) >= 11 is 0. The van der Waals surface area contributed by atoms with E-state index in [1.807, 2.05) is 24.3 Å². The Kier molecular flexibility index (Phi) is 4.24. The molecule has 86 valence electrons. The Morgan fingerprint density at radius 2 is 2.06 bits per heavy atom. The molecular weight excluding hydrogens is 210 g/mol. The van der Waals surface area contributed by atoms with E-state index in [0.29, 0.717) is 0 Å². The normalized spacial score (nSPS) is 10.9. The molecule has 0 spiro atoms. The van der Waals surface area contributed by atoms with Crippen molar-refractivity contribution in [1.29, 1.82) is 5.26 Å².